The number of hydrogen-bond acceptors (Lipinski definition) is 4. The van der Waals surface area contributed by atoms with E-state index < -0.39 is 0 Å². The lowest BCUT2D eigenvalue weighted by Gasteiger charge is -2.19. The molecule has 20 heavy (non-hydrogen) atoms. The van der Waals surface area contributed by atoms with Gasteiger partial charge in [-0.15, -0.1) is 9.80 Å². The number of Topliss-reactive ketones (excluding diaryl/α,β-unsaturated/α-hetero) is 1. The zero-order chi connectivity index (χ0) is 14.0. The molecular formula is C15H19ClN3O. The number of anilines is 1. The number of halogens is 1. The van der Waals surface area contributed by atoms with E-state index in [1.165, 1.54) is 0 Å². The van der Waals surface area contributed by atoms with Crippen molar-refractivity contribution in [3.8, 4) is 0 Å². The van der Waals surface area contributed by atoms with Gasteiger partial charge in [0.1, 0.15) is 6.54 Å². The minimum atomic E-state index is -0.0322. The van der Waals surface area contributed by atoms with Gasteiger partial charge in [-0.05, 0) is 45.0 Å². The van der Waals surface area contributed by atoms with E-state index in [2.05, 4.69) is 27.4 Å². The van der Waals surface area contributed by atoms with Crippen LogP contribution in [0.4, 0.5) is 5.69 Å². The normalized spacial score (nSPS) is 13.9. The van der Waals surface area contributed by atoms with E-state index in [1.807, 2.05) is 17.3 Å². The summed E-state index contributed by atoms with van der Waals surface area (Å²) in [6.07, 6.45) is 3.79. The molecule has 1 heterocycles. The fourth-order valence-electron chi connectivity index (χ4n) is 1.73. The SMILES string of the molecule is CC(C)(C)N1[C+]N(CC(=O)c2ccc(N)cc2)C=C1.[Cl-]. The molecule has 0 amide bonds. The summed E-state index contributed by atoms with van der Waals surface area (Å²) in [6, 6.07) is 6.97. The first-order valence-corrected chi connectivity index (χ1v) is 6.25. The van der Waals surface area contributed by atoms with Crippen LogP contribution >= 0.6 is 0 Å². The fraction of sp³-hybridized carbons (Fsp3) is 0.333. The Morgan fingerprint density at radius 3 is 2.30 bits per heavy atom. The summed E-state index contributed by atoms with van der Waals surface area (Å²) in [5.41, 5.74) is 6.90. The van der Waals surface area contributed by atoms with Crippen molar-refractivity contribution < 1.29 is 17.2 Å². The van der Waals surface area contributed by atoms with E-state index in [9.17, 15) is 4.79 Å². The van der Waals surface area contributed by atoms with E-state index in [4.69, 9.17) is 5.73 Å². The van der Waals surface area contributed by atoms with Crippen molar-refractivity contribution in [3.05, 3.63) is 48.9 Å². The highest BCUT2D eigenvalue weighted by Crippen LogP contribution is 2.22. The molecule has 0 aromatic heterocycles. The topological polar surface area (TPSA) is 49.6 Å². The lowest BCUT2D eigenvalue weighted by Crippen LogP contribution is -3.00. The summed E-state index contributed by atoms with van der Waals surface area (Å²) in [7, 11) is 0. The van der Waals surface area contributed by atoms with Crippen molar-refractivity contribution in [3.63, 3.8) is 0 Å². The summed E-state index contributed by atoms with van der Waals surface area (Å²) in [4.78, 5) is 15.8. The van der Waals surface area contributed by atoms with Crippen LogP contribution in [0.2, 0.25) is 0 Å². The molecule has 5 heteroatoms. The van der Waals surface area contributed by atoms with Gasteiger partial charge in [-0.3, -0.25) is 4.79 Å². The Morgan fingerprint density at radius 1 is 1.20 bits per heavy atom. The Morgan fingerprint density at radius 2 is 1.80 bits per heavy atom. The van der Waals surface area contributed by atoms with E-state index in [1.54, 1.807) is 29.2 Å². The highest BCUT2D eigenvalue weighted by atomic mass is 35.5. The number of rotatable bonds is 3. The second-order valence-electron chi connectivity index (χ2n) is 5.61. The fourth-order valence-corrected chi connectivity index (χ4v) is 1.73. The van der Waals surface area contributed by atoms with Crippen LogP contribution in [0.1, 0.15) is 31.1 Å². The molecule has 0 fully saturated rings. The molecule has 1 radical (unpaired) electrons. The lowest BCUT2D eigenvalue weighted by atomic mass is 10.1. The molecule has 4 nitrogen and oxygen atoms in total. The molecule has 1 aliphatic heterocycles. The molecule has 2 N–H and O–H groups in total. The molecule has 1 aromatic carbocycles. The molecule has 0 unspecified atom stereocenters. The average Bonchev–Trinajstić information content (AvgIpc) is 2.78. The molecule has 0 saturated carbocycles. The van der Waals surface area contributed by atoms with Crippen molar-refractivity contribution in [1.82, 2.24) is 9.80 Å². The van der Waals surface area contributed by atoms with Crippen molar-refractivity contribution >= 4 is 11.5 Å². The van der Waals surface area contributed by atoms with Crippen molar-refractivity contribution in [2.24, 2.45) is 0 Å². The lowest BCUT2D eigenvalue weighted by molar-refractivity contribution is -0.0000125. The van der Waals surface area contributed by atoms with E-state index in [0.717, 1.165) is 0 Å². The smallest absolute Gasteiger partial charge is 0.565 e. The van der Waals surface area contributed by atoms with Crippen LogP contribution in [0.3, 0.4) is 0 Å². The van der Waals surface area contributed by atoms with Gasteiger partial charge in [0.15, 0.2) is 5.78 Å². The maximum absolute atomic E-state index is 12.1. The first kappa shape index (κ1) is 16.2. The molecule has 0 saturated heterocycles. The molecule has 1 aromatic rings. The van der Waals surface area contributed by atoms with Gasteiger partial charge < -0.3 is 18.1 Å². The van der Waals surface area contributed by atoms with Crippen LogP contribution in [0, 0.1) is 6.67 Å². The van der Waals surface area contributed by atoms with Crippen LogP contribution in [0.25, 0.3) is 0 Å². The summed E-state index contributed by atoms with van der Waals surface area (Å²) in [5.74, 6) is 0.0490. The number of benzene rings is 1. The van der Waals surface area contributed by atoms with Gasteiger partial charge in [0.2, 0.25) is 0 Å². The van der Waals surface area contributed by atoms with Crippen LogP contribution < -0.4 is 18.1 Å². The first-order valence-electron chi connectivity index (χ1n) is 6.25. The highest BCUT2D eigenvalue weighted by molar-refractivity contribution is 5.98. The second-order valence-corrected chi connectivity index (χ2v) is 5.61. The summed E-state index contributed by atoms with van der Waals surface area (Å²) < 4.78 is 0. The van der Waals surface area contributed by atoms with Crippen LogP contribution in [0.15, 0.2) is 36.7 Å². The molecule has 0 atom stereocenters. The largest absolute Gasteiger partial charge is 1.00 e. The third-order valence-electron chi connectivity index (χ3n) is 2.90. The van der Waals surface area contributed by atoms with Gasteiger partial charge in [-0.1, -0.05) is 0 Å². The Balaban J connectivity index is 0.00000200. The third kappa shape index (κ3) is 3.84. The Bertz CT molecular complexity index is 491. The Kier molecular flexibility index (Phi) is 4.95. The Labute approximate surface area is 126 Å². The summed E-state index contributed by atoms with van der Waals surface area (Å²) in [5, 5.41) is 0. The monoisotopic (exact) mass is 292 g/mol. The maximum atomic E-state index is 12.1. The van der Waals surface area contributed by atoms with Crippen molar-refractivity contribution in [2.75, 3.05) is 12.3 Å². The highest BCUT2D eigenvalue weighted by Gasteiger charge is 2.39. The number of nitrogens with zero attached hydrogens (tertiary/aromatic N) is 2. The number of nitrogen functional groups attached to an aromatic ring is 1. The summed E-state index contributed by atoms with van der Waals surface area (Å²) >= 11 is 0. The first-order chi connectivity index (χ1) is 8.86. The number of hydrogen-bond donors (Lipinski definition) is 1. The molecule has 0 aliphatic carbocycles. The zero-order valence-corrected chi connectivity index (χ0v) is 12.7. The van der Waals surface area contributed by atoms with Crippen molar-refractivity contribution in [1.29, 1.82) is 0 Å². The zero-order valence-electron chi connectivity index (χ0n) is 11.9. The average molecular weight is 293 g/mol. The predicted molar refractivity (Wildman–Crippen MR) is 75.9 cm³/mol. The van der Waals surface area contributed by atoms with Crippen molar-refractivity contribution in [2.45, 2.75) is 26.3 Å². The second kappa shape index (κ2) is 6.09. The summed E-state index contributed by atoms with van der Waals surface area (Å²) in [6.45, 7) is 9.72. The van der Waals surface area contributed by atoms with Gasteiger partial charge in [0.25, 0.3) is 0 Å². The van der Waals surface area contributed by atoms with Crippen LogP contribution in [0.5, 0.6) is 0 Å². The van der Waals surface area contributed by atoms with Gasteiger partial charge in [0, 0.05) is 11.3 Å². The van der Waals surface area contributed by atoms with Gasteiger partial charge >= 0.3 is 6.67 Å². The predicted octanol–water partition coefficient (Wildman–Crippen LogP) is -0.661. The molecule has 0 bridgehead atoms. The van der Waals surface area contributed by atoms with Crippen LogP contribution in [-0.2, 0) is 0 Å². The minimum absolute atomic E-state index is 0. The van der Waals surface area contributed by atoms with E-state index >= 15 is 0 Å². The quantitative estimate of drug-likeness (QED) is 0.456. The van der Waals surface area contributed by atoms with Gasteiger partial charge in [-0.25, -0.2) is 0 Å². The third-order valence-corrected chi connectivity index (χ3v) is 2.90. The Hall–Kier alpha value is -1.81. The molecule has 107 valence electrons. The molecular weight excluding hydrogens is 274 g/mol. The maximum Gasteiger partial charge on any atom is 0.565 e. The van der Waals surface area contributed by atoms with Gasteiger partial charge in [-0.2, -0.15) is 0 Å². The molecule has 0 spiro atoms. The van der Waals surface area contributed by atoms with E-state index in [0.29, 0.717) is 11.3 Å². The number of carbonyl (C=O) groups excluding carboxylic acids is 1. The number of nitrogens with two attached hydrogens (primary N) is 1. The number of carbonyl (C=O) groups is 1. The van der Waals surface area contributed by atoms with E-state index in [-0.39, 0.29) is 30.3 Å². The molecule has 2 rings (SSSR count). The molecule has 1 aliphatic rings. The van der Waals surface area contributed by atoms with Crippen LogP contribution in [-0.4, -0.2) is 27.7 Å². The standard InChI is InChI=1S/C15H19N3O.ClH/c1-15(2,3)18-9-8-17(11-18)10-14(19)12-4-6-13(16)7-5-12;/h4-9H,10,16H2,1-3H3;1H/q+1;/p-1. The number of ketones is 1. The van der Waals surface area contributed by atoms with Gasteiger partial charge in [0.05, 0.1) is 17.9 Å². The minimum Gasteiger partial charge on any atom is -1.00 e.